The van der Waals surface area contributed by atoms with Crippen molar-refractivity contribution in [1.82, 2.24) is 5.32 Å². The normalized spacial score (nSPS) is 14.0. The van der Waals surface area contributed by atoms with Gasteiger partial charge < -0.3 is 5.32 Å². The molecular weight excluding hydrogens is 403 g/mol. The lowest BCUT2D eigenvalue weighted by molar-refractivity contribution is -0.119. The number of rotatable bonds is 6. The summed E-state index contributed by atoms with van der Waals surface area (Å²) in [6, 6.07) is 20.2. The number of halogens is 1. The van der Waals surface area contributed by atoms with Crippen LogP contribution in [0.5, 0.6) is 0 Å². The molecule has 0 aromatic heterocycles. The summed E-state index contributed by atoms with van der Waals surface area (Å²) in [6.45, 7) is 0.118. The molecule has 154 valence electrons. The molecule has 0 spiro atoms. The van der Waals surface area contributed by atoms with Gasteiger partial charge >= 0.3 is 0 Å². The monoisotopic (exact) mass is 424 g/mol. The molecule has 0 atom stereocenters. The number of fused-ring (bicyclic) bond motifs is 3. The van der Waals surface area contributed by atoms with Crippen LogP contribution in [0, 0.1) is 5.82 Å². The molecule has 5 nitrogen and oxygen atoms in total. The SMILES string of the molecule is O=C(CN1c2ccccc2-c2ccccc2S1(=O)=O)NCCCc1ccc(F)cc1. The number of benzene rings is 3. The third-order valence-electron chi connectivity index (χ3n) is 5.08. The number of nitrogens with one attached hydrogen (secondary N) is 1. The smallest absolute Gasteiger partial charge is 0.265 e. The molecule has 1 N–H and O–H groups in total. The van der Waals surface area contributed by atoms with E-state index in [4.69, 9.17) is 0 Å². The molecule has 1 heterocycles. The fourth-order valence-corrected chi connectivity index (χ4v) is 5.26. The van der Waals surface area contributed by atoms with E-state index >= 15 is 0 Å². The average molecular weight is 424 g/mol. The topological polar surface area (TPSA) is 66.5 Å². The lowest BCUT2D eigenvalue weighted by Crippen LogP contribution is -2.42. The van der Waals surface area contributed by atoms with Crippen molar-refractivity contribution in [3.8, 4) is 11.1 Å². The van der Waals surface area contributed by atoms with E-state index in [2.05, 4.69) is 5.32 Å². The fourth-order valence-electron chi connectivity index (χ4n) is 3.61. The second-order valence-electron chi connectivity index (χ2n) is 7.10. The van der Waals surface area contributed by atoms with E-state index in [0.717, 1.165) is 11.1 Å². The molecule has 1 aliphatic heterocycles. The second kappa shape index (κ2) is 8.28. The Balaban J connectivity index is 1.45. The largest absolute Gasteiger partial charge is 0.355 e. The van der Waals surface area contributed by atoms with Gasteiger partial charge in [-0.1, -0.05) is 48.5 Å². The van der Waals surface area contributed by atoms with Crippen LogP contribution in [0.25, 0.3) is 11.1 Å². The van der Waals surface area contributed by atoms with Gasteiger partial charge in [0.2, 0.25) is 5.91 Å². The summed E-state index contributed by atoms with van der Waals surface area (Å²) in [5.74, 6) is -0.650. The predicted octanol–water partition coefficient (Wildman–Crippen LogP) is 3.75. The van der Waals surface area contributed by atoms with Gasteiger partial charge in [0, 0.05) is 17.7 Å². The molecule has 1 amide bonds. The number of carbonyl (C=O) groups excluding carboxylic acids is 1. The zero-order valence-electron chi connectivity index (χ0n) is 16.2. The molecule has 0 fully saturated rings. The highest BCUT2D eigenvalue weighted by molar-refractivity contribution is 7.93. The molecule has 4 rings (SSSR count). The van der Waals surface area contributed by atoms with Crippen LogP contribution < -0.4 is 9.62 Å². The maximum absolute atomic E-state index is 13.2. The Kier molecular flexibility index (Phi) is 5.55. The number of nitrogens with zero attached hydrogens (tertiary/aromatic N) is 1. The first kappa shape index (κ1) is 20.1. The summed E-state index contributed by atoms with van der Waals surface area (Å²) in [6.07, 6.45) is 1.36. The number of para-hydroxylation sites is 1. The number of anilines is 1. The third kappa shape index (κ3) is 3.93. The van der Waals surface area contributed by atoms with Crippen LogP contribution in [-0.4, -0.2) is 27.4 Å². The van der Waals surface area contributed by atoms with E-state index in [1.54, 1.807) is 48.5 Å². The van der Waals surface area contributed by atoms with E-state index in [0.29, 0.717) is 30.6 Å². The lowest BCUT2D eigenvalue weighted by atomic mass is 10.0. The van der Waals surface area contributed by atoms with Gasteiger partial charge in [0.05, 0.1) is 10.6 Å². The third-order valence-corrected chi connectivity index (χ3v) is 6.90. The van der Waals surface area contributed by atoms with Gasteiger partial charge in [-0.05, 0) is 42.7 Å². The van der Waals surface area contributed by atoms with E-state index in [9.17, 15) is 17.6 Å². The number of amides is 1. The van der Waals surface area contributed by atoms with Crippen molar-refractivity contribution in [2.24, 2.45) is 0 Å². The van der Waals surface area contributed by atoms with Crippen molar-refractivity contribution in [3.63, 3.8) is 0 Å². The lowest BCUT2D eigenvalue weighted by Gasteiger charge is -2.31. The maximum Gasteiger partial charge on any atom is 0.265 e. The minimum atomic E-state index is -3.83. The summed E-state index contributed by atoms with van der Waals surface area (Å²) in [5.41, 5.74) is 2.91. The van der Waals surface area contributed by atoms with Crippen LogP contribution in [0.2, 0.25) is 0 Å². The first-order valence-electron chi connectivity index (χ1n) is 9.69. The Labute approximate surface area is 175 Å². The zero-order valence-corrected chi connectivity index (χ0v) is 17.0. The highest BCUT2D eigenvalue weighted by Crippen LogP contribution is 2.42. The van der Waals surface area contributed by atoms with Crippen molar-refractivity contribution in [2.45, 2.75) is 17.7 Å². The van der Waals surface area contributed by atoms with Crippen molar-refractivity contribution in [1.29, 1.82) is 0 Å². The average Bonchev–Trinajstić information content (AvgIpc) is 2.75. The number of carbonyl (C=O) groups is 1. The molecular formula is C23H21FN2O3S. The molecule has 1 aliphatic rings. The molecule has 0 bridgehead atoms. The molecule has 0 radical (unpaired) electrons. The number of sulfonamides is 1. The Bertz CT molecular complexity index is 1180. The van der Waals surface area contributed by atoms with E-state index in [1.807, 2.05) is 12.1 Å². The van der Waals surface area contributed by atoms with E-state index < -0.39 is 10.0 Å². The van der Waals surface area contributed by atoms with Crippen LogP contribution in [0.1, 0.15) is 12.0 Å². The van der Waals surface area contributed by atoms with Crippen LogP contribution in [0.3, 0.4) is 0 Å². The van der Waals surface area contributed by atoms with E-state index in [-0.39, 0.29) is 23.2 Å². The van der Waals surface area contributed by atoms with Gasteiger partial charge in [0.1, 0.15) is 12.4 Å². The van der Waals surface area contributed by atoms with Gasteiger partial charge in [0.25, 0.3) is 10.0 Å². The summed E-state index contributed by atoms with van der Waals surface area (Å²) < 4.78 is 40.4. The summed E-state index contributed by atoms with van der Waals surface area (Å²) >= 11 is 0. The second-order valence-corrected chi connectivity index (χ2v) is 8.94. The first-order valence-corrected chi connectivity index (χ1v) is 11.1. The number of aryl methyl sites for hydroxylation is 1. The van der Waals surface area contributed by atoms with Crippen molar-refractivity contribution >= 4 is 21.6 Å². The summed E-state index contributed by atoms with van der Waals surface area (Å²) in [4.78, 5) is 12.7. The molecule has 0 saturated heterocycles. The highest BCUT2D eigenvalue weighted by atomic mass is 32.2. The zero-order chi connectivity index (χ0) is 21.1. The molecule has 3 aromatic rings. The van der Waals surface area contributed by atoms with Gasteiger partial charge in [-0.25, -0.2) is 12.8 Å². The fraction of sp³-hybridized carbons (Fsp3) is 0.174. The van der Waals surface area contributed by atoms with Gasteiger partial charge in [-0.2, -0.15) is 0 Å². The minimum Gasteiger partial charge on any atom is -0.355 e. The highest BCUT2D eigenvalue weighted by Gasteiger charge is 2.35. The molecule has 3 aromatic carbocycles. The molecule has 0 saturated carbocycles. The van der Waals surface area contributed by atoms with Crippen LogP contribution in [0.15, 0.2) is 77.7 Å². The van der Waals surface area contributed by atoms with Crippen molar-refractivity contribution in [3.05, 3.63) is 84.2 Å². The van der Waals surface area contributed by atoms with Gasteiger partial charge in [-0.15, -0.1) is 0 Å². The predicted molar refractivity (Wildman–Crippen MR) is 114 cm³/mol. The molecule has 0 aliphatic carbocycles. The number of hydrogen-bond donors (Lipinski definition) is 1. The minimum absolute atomic E-state index is 0.202. The summed E-state index contributed by atoms with van der Waals surface area (Å²) in [7, 11) is -3.83. The Morgan fingerprint density at radius 1 is 0.900 bits per heavy atom. The number of hydrogen-bond acceptors (Lipinski definition) is 3. The maximum atomic E-state index is 13.2. The van der Waals surface area contributed by atoms with Crippen molar-refractivity contribution in [2.75, 3.05) is 17.4 Å². The Hall–Kier alpha value is -3.19. The van der Waals surface area contributed by atoms with Gasteiger partial charge in [-0.3, -0.25) is 9.10 Å². The Morgan fingerprint density at radius 2 is 1.57 bits per heavy atom. The molecule has 0 unspecified atom stereocenters. The van der Waals surface area contributed by atoms with Crippen LogP contribution >= 0.6 is 0 Å². The molecule has 7 heteroatoms. The first-order chi connectivity index (χ1) is 14.5. The van der Waals surface area contributed by atoms with Crippen molar-refractivity contribution < 1.29 is 17.6 Å². The van der Waals surface area contributed by atoms with Crippen LogP contribution in [-0.2, 0) is 21.2 Å². The Morgan fingerprint density at radius 3 is 2.33 bits per heavy atom. The quantitative estimate of drug-likeness (QED) is 0.613. The standard InChI is InChI=1S/C23H21FN2O3S/c24-18-13-11-17(12-14-18)6-5-15-25-23(27)16-26-21-9-3-1-7-19(21)20-8-2-4-10-22(20)30(26,28)29/h1-4,7-14H,5-6,15-16H2,(H,25,27). The van der Waals surface area contributed by atoms with Gasteiger partial charge in [0.15, 0.2) is 0 Å². The van der Waals surface area contributed by atoms with Crippen LogP contribution in [0.4, 0.5) is 10.1 Å². The molecule has 30 heavy (non-hydrogen) atoms. The summed E-state index contributed by atoms with van der Waals surface area (Å²) in [5, 5.41) is 2.79. The van der Waals surface area contributed by atoms with E-state index in [1.165, 1.54) is 16.4 Å².